The van der Waals surface area contributed by atoms with Crippen molar-refractivity contribution in [2.45, 2.75) is 0 Å². The molecular formula is C18H12N4O2. The average molecular weight is 316 g/mol. The number of phenolic OH excluding ortho intramolecular Hbond substituents is 1. The van der Waals surface area contributed by atoms with E-state index in [1.807, 2.05) is 53.4 Å². The highest BCUT2D eigenvalue weighted by atomic mass is 16.5. The third kappa shape index (κ3) is 2.10. The van der Waals surface area contributed by atoms with Gasteiger partial charge in [0.05, 0.1) is 22.7 Å². The van der Waals surface area contributed by atoms with Gasteiger partial charge in [0.2, 0.25) is 0 Å². The molecule has 0 saturated heterocycles. The van der Waals surface area contributed by atoms with Crippen LogP contribution in [0.5, 0.6) is 17.2 Å². The Balaban J connectivity index is 1.99. The molecule has 3 aromatic rings. The van der Waals surface area contributed by atoms with Crippen LogP contribution in [-0.4, -0.2) is 5.11 Å². The molecule has 0 radical (unpaired) electrons. The first-order valence-corrected chi connectivity index (χ1v) is 7.32. The van der Waals surface area contributed by atoms with E-state index in [0.29, 0.717) is 17.2 Å². The molecule has 0 atom stereocenters. The summed E-state index contributed by atoms with van der Waals surface area (Å²) in [6, 6.07) is 20.2. The Morgan fingerprint density at radius 3 is 2.04 bits per heavy atom. The van der Waals surface area contributed by atoms with Crippen molar-refractivity contribution < 1.29 is 9.84 Å². The Hall–Kier alpha value is -3.63. The van der Waals surface area contributed by atoms with Crippen LogP contribution in [-0.2, 0) is 0 Å². The van der Waals surface area contributed by atoms with E-state index in [0.717, 1.165) is 11.4 Å². The van der Waals surface area contributed by atoms with Gasteiger partial charge in [-0.3, -0.25) is 4.90 Å². The molecule has 6 heteroatoms. The van der Waals surface area contributed by atoms with Gasteiger partial charge in [0.25, 0.3) is 0 Å². The Morgan fingerprint density at radius 2 is 1.42 bits per heavy atom. The maximum absolute atomic E-state index is 10.6. The van der Waals surface area contributed by atoms with Crippen LogP contribution in [0.4, 0.5) is 22.7 Å². The van der Waals surface area contributed by atoms with E-state index in [4.69, 9.17) is 10.3 Å². The van der Waals surface area contributed by atoms with Crippen molar-refractivity contribution >= 4 is 22.7 Å². The summed E-state index contributed by atoms with van der Waals surface area (Å²) in [7, 11) is 0. The molecule has 1 aliphatic rings. The maximum Gasteiger partial charge on any atom is 0.151 e. The number of fused-ring (bicyclic) bond motifs is 2. The van der Waals surface area contributed by atoms with Gasteiger partial charge in [-0.15, -0.1) is 0 Å². The lowest BCUT2D eigenvalue weighted by molar-refractivity contribution is 0.469. The van der Waals surface area contributed by atoms with Gasteiger partial charge < -0.3 is 9.84 Å². The quantitative estimate of drug-likeness (QED) is 0.283. The van der Waals surface area contributed by atoms with Gasteiger partial charge in [-0.1, -0.05) is 35.4 Å². The van der Waals surface area contributed by atoms with E-state index < -0.39 is 0 Å². The molecule has 3 aromatic carbocycles. The minimum absolute atomic E-state index is 0.0817. The predicted octanol–water partition coefficient (Wildman–Crippen LogP) is 5.91. The highest BCUT2D eigenvalue weighted by Crippen LogP contribution is 2.53. The molecule has 4 rings (SSSR count). The Labute approximate surface area is 137 Å². The number of ether oxygens (including phenoxy) is 1. The SMILES string of the molecule is [N-]=[N+]=Nc1cccc(N2c3ccccc3Oc3ccccc32)c1O. The van der Waals surface area contributed by atoms with E-state index in [1.54, 1.807) is 18.2 Å². The lowest BCUT2D eigenvalue weighted by Crippen LogP contribution is -2.15. The van der Waals surface area contributed by atoms with Crippen molar-refractivity contribution in [2.24, 2.45) is 5.11 Å². The summed E-state index contributed by atoms with van der Waals surface area (Å²) in [6.45, 7) is 0. The first-order valence-electron chi connectivity index (χ1n) is 7.32. The van der Waals surface area contributed by atoms with Crippen LogP contribution in [0, 0.1) is 0 Å². The van der Waals surface area contributed by atoms with Gasteiger partial charge in [-0.2, -0.15) is 0 Å². The van der Waals surface area contributed by atoms with Crippen LogP contribution in [0.25, 0.3) is 10.4 Å². The lowest BCUT2D eigenvalue weighted by atomic mass is 10.1. The second-order valence-corrected chi connectivity index (χ2v) is 5.21. The monoisotopic (exact) mass is 316 g/mol. The van der Waals surface area contributed by atoms with Crippen molar-refractivity contribution in [3.05, 3.63) is 77.2 Å². The molecule has 1 N–H and O–H groups in total. The van der Waals surface area contributed by atoms with Crippen molar-refractivity contribution in [3.63, 3.8) is 0 Å². The van der Waals surface area contributed by atoms with Gasteiger partial charge in [0.15, 0.2) is 11.5 Å². The molecule has 6 nitrogen and oxygen atoms in total. The third-order valence-corrected chi connectivity index (χ3v) is 3.82. The second kappa shape index (κ2) is 5.53. The fraction of sp³-hybridized carbons (Fsp3) is 0. The zero-order valence-corrected chi connectivity index (χ0v) is 12.5. The van der Waals surface area contributed by atoms with Gasteiger partial charge in [-0.05, 0) is 41.9 Å². The molecule has 0 aliphatic carbocycles. The van der Waals surface area contributed by atoms with Crippen molar-refractivity contribution in [3.8, 4) is 17.2 Å². The molecule has 1 aliphatic heterocycles. The van der Waals surface area contributed by atoms with Crippen molar-refractivity contribution in [1.29, 1.82) is 0 Å². The van der Waals surface area contributed by atoms with Crippen LogP contribution in [0.3, 0.4) is 0 Å². The molecule has 0 saturated carbocycles. The lowest BCUT2D eigenvalue weighted by Gasteiger charge is -2.33. The van der Waals surface area contributed by atoms with Crippen LogP contribution >= 0.6 is 0 Å². The van der Waals surface area contributed by atoms with E-state index in [-0.39, 0.29) is 11.4 Å². The first kappa shape index (κ1) is 14.0. The minimum Gasteiger partial charge on any atom is -0.505 e. The Kier molecular flexibility index (Phi) is 3.23. The van der Waals surface area contributed by atoms with E-state index in [1.165, 1.54) is 0 Å². The summed E-state index contributed by atoms with van der Waals surface area (Å²) in [4.78, 5) is 4.65. The molecule has 0 amide bonds. The molecule has 24 heavy (non-hydrogen) atoms. The summed E-state index contributed by atoms with van der Waals surface area (Å²) >= 11 is 0. The fourth-order valence-electron chi connectivity index (χ4n) is 2.79. The van der Waals surface area contributed by atoms with Gasteiger partial charge in [-0.25, -0.2) is 0 Å². The first-order chi connectivity index (χ1) is 11.8. The highest BCUT2D eigenvalue weighted by molar-refractivity contribution is 5.89. The number of azide groups is 1. The molecule has 0 bridgehead atoms. The topological polar surface area (TPSA) is 81.5 Å². The molecule has 1 heterocycles. The smallest absolute Gasteiger partial charge is 0.151 e. The number of aromatic hydroxyl groups is 1. The normalized spacial score (nSPS) is 11.8. The van der Waals surface area contributed by atoms with Gasteiger partial charge in [0, 0.05) is 4.91 Å². The summed E-state index contributed by atoms with van der Waals surface area (Å²) in [6.07, 6.45) is 0. The molecular weight excluding hydrogens is 304 g/mol. The zero-order chi connectivity index (χ0) is 16.5. The van der Waals surface area contributed by atoms with E-state index in [9.17, 15) is 5.11 Å². The number of rotatable bonds is 2. The second-order valence-electron chi connectivity index (χ2n) is 5.21. The number of hydrogen-bond donors (Lipinski definition) is 1. The van der Waals surface area contributed by atoms with E-state index >= 15 is 0 Å². The van der Waals surface area contributed by atoms with Crippen molar-refractivity contribution in [1.82, 2.24) is 0 Å². The predicted molar refractivity (Wildman–Crippen MR) is 91.7 cm³/mol. The third-order valence-electron chi connectivity index (χ3n) is 3.82. The van der Waals surface area contributed by atoms with E-state index in [2.05, 4.69) is 10.0 Å². The van der Waals surface area contributed by atoms with Crippen LogP contribution in [0.2, 0.25) is 0 Å². The summed E-state index contributed by atoms with van der Waals surface area (Å²) < 4.78 is 5.94. The van der Waals surface area contributed by atoms with Crippen LogP contribution in [0.15, 0.2) is 71.8 Å². The average Bonchev–Trinajstić information content (AvgIpc) is 2.62. The van der Waals surface area contributed by atoms with Crippen LogP contribution < -0.4 is 9.64 Å². The molecule has 0 spiro atoms. The molecule has 0 fully saturated rings. The fourth-order valence-corrected chi connectivity index (χ4v) is 2.79. The number of hydrogen-bond acceptors (Lipinski definition) is 4. The number of para-hydroxylation sites is 5. The van der Waals surface area contributed by atoms with Crippen molar-refractivity contribution in [2.75, 3.05) is 4.90 Å². The molecule has 0 aromatic heterocycles. The Morgan fingerprint density at radius 1 is 0.833 bits per heavy atom. The van der Waals surface area contributed by atoms with Crippen LogP contribution in [0.1, 0.15) is 0 Å². The number of phenols is 1. The molecule has 0 unspecified atom stereocenters. The summed E-state index contributed by atoms with van der Waals surface area (Å²) in [5, 5.41) is 14.1. The van der Waals surface area contributed by atoms with Gasteiger partial charge >= 0.3 is 0 Å². The standard InChI is InChI=1S/C18H12N4O2/c19-21-20-12-6-5-9-15(18(12)23)22-13-7-1-3-10-16(13)24-17-11-4-2-8-14(17)22/h1-11,23H. The summed E-state index contributed by atoms with van der Waals surface area (Å²) in [5.74, 6) is 1.29. The number of anilines is 3. The maximum atomic E-state index is 10.6. The number of benzene rings is 3. The highest BCUT2D eigenvalue weighted by Gasteiger charge is 2.27. The number of nitrogens with zero attached hydrogens (tertiary/aromatic N) is 4. The minimum atomic E-state index is -0.0817. The largest absolute Gasteiger partial charge is 0.505 e. The van der Waals surface area contributed by atoms with Gasteiger partial charge in [0.1, 0.15) is 5.75 Å². The zero-order valence-electron chi connectivity index (χ0n) is 12.5. The summed E-state index contributed by atoms with van der Waals surface area (Å²) in [5.41, 5.74) is 11.0. The Bertz CT molecular complexity index is 935. The molecule has 116 valence electrons.